The highest BCUT2D eigenvalue weighted by Gasteiger charge is 2.20. The summed E-state index contributed by atoms with van der Waals surface area (Å²) in [5.74, 6) is 0.818. The van der Waals surface area contributed by atoms with E-state index in [1.165, 1.54) is 25.9 Å². The molecule has 0 unspecified atom stereocenters. The number of nitriles is 1. The summed E-state index contributed by atoms with van der Waals surface area (Å²) >= 11 is 0. The Morgan fingerprint density at radius 3 is 2.65 bits per heavy atom. The van der Waals surface area contributed by atoms with E-state index in [1.807, 2.05) is 13.8 Å². The van der Waals surface area contributed by atoms with Crippen molar-refractivity contribution in [2.45, 2.75) is 39.5 Å². The molecule has 1 heterocycles. The summed E-state index contributed by atoms with van der Waals surface area (Å²) < 4.78 is 5.04. The second kappa shape index (κ2) is 9.33. The third kappa shape index (κ3) is 7.23. The number of nitrogens with one attached hydrogen (secondary N) is 1. The van der Waals surface area contributed by atoms with E-state index in [0.717, 1.165) is 45.0 Å². The lowest BCUT2D eigenvalue weighted by molar-refractivity contribution is 0.168. The minimum Gasteiger partial charge on any atom is -0.383 e. The van der Waals surface area contributed by atoms with Crippen LogP contribution in [-0.4, -0.2) is 51.3 Å². The Kier molecular flexibility index (Phi) is 8.13. The van der Waals surface area contributed by atoms with E-state index in [4.69, 9.17) is 10.00 Å². The van der Waals surface area contributed by atoms with E-state index in [1.54, 1.807) is 7.11 Å². The Morgan fingerprint density at radius 1 is 1.35 bits per heavy atom. The normalized spacial score (nSPS) is 18.1. The summed E-state index contributed by atoms with van der Waals surface area (Å²) in [7, 11) is 1.74. The third-order valence-corrected chi connectivity index (χ3v) is 4.20. The van der Waals surface area contributed by atoms with Gasteiger partial charge in [-0.2, -0.15) is 5.26 Å². The maximum Gasteiger partial charge on any atom is 0.0683 e. The quantitative estimate of drug-likeness (QED) is 0.659. The van der Waals surface area contributed by atoms with E-state index in [9.17, 15) is 0 Å². The van der Waals surface area contributed by atoms with Crippen LogP contribution < -0.4 is 5.32 Å². The second-order valence-corrected chi connectivity index (χ2v) is 6.58. The maximum atomic E-state index is 9.01. The average molecular weight is 281 g/mol. The van der Waals surface area contributed by atoms with Gasteiger partial charge in [-0.25, -0.2) is 0 Å². The van der Waals surface area contributed by atoms with Crippen LogP contribution in [0.5, 0.6) is 0 Å². The molecule has 1 fully saturated rings. The van der Waals surface area contributed by atoms with Gasteiger partial charge in [0.05, 0.1) is 18.1 Å². The summed E-state index contributed by atoms with van der Waals surface area (Å²) in [5.41, 5.74) is -0.163. The number of rotatable bonds is 9. The predicted octanol–water partition coefficient (Wildman–Crippen LogP) is 2.26. The number of nitrogens with zero attached hydrogens (tertiary/aromatic N) is 2. The van der Waals surface area contributed by atoms with Gasteiger partial charge in [0.1, 0.15) is 0 Å². The monoisotopic (exact) mass is 281 g/mol. The van der Waals surface area contributed by atoms with Crippen molar-refractivity contribution in [3.05, 3.63) is 0 Å². The topological polar surface area (TPSA) is 48.3 Å². The predicted molar refractivity (Wildman–Crippen MR) is 82.5 cm³/mol. The Labute approximate surface area is 124 Å². The van der Waals surface area contributed by atoms with Crippen LogP contribution in [0.2, 0.25) is 0 Å². The van der Waals surface area contributed by atoms with Crippen LogP contribution in [0.4, 0.5) is 0 Å². The first-order valence-corrected chi connectivity index (χ1v) is 7.90. The molecule has 0 bridgehead atoms. The number of ether oxygens (including phenoxy) is 1. The van der Waals surface area contributed by atoms with Crippen molar-refractivity contribution in [2.24, 2.45) is 11.3 Å². The van der Waals surface area contributed by atoms with Crippen molar-refractivity contribution >= 4 is 0 Å². The van der Waals surface area contributed by atoms with Crippen LogP contribution in [0, 0.1) is 22.7 Å². The van der Waals surface area contributed by atoms with Crippen molar-refractivity contribution in [1.82, 2.24) is 10.2 Å². The third-order valence-electron chi connectivity index (χ3n) is 4.20. The fourth-order valence-electron chi connectivity index (χ4n) is 2.70. The van der Waals surface area contributed by atoms with Crippen LogP contribution in [0.25, 0.3) is 0 Å². The molecule has 0 radical (unpaired) electrons. The van der Waals surface area contributed by atoms with Gasteiger partial charge in [0.15, 0.2) is 0 Å². The fraction of sp³-hybridized carbons (Fsp3) is 0.938. The van der Waals surface area contributed by atoms with Crippen molar-refractivity contribution in [3.63, 3.8) is 0 Å². The van der Waals surface area contributed by atoms with Gasteiger partial charge >= 0.3 is 0 Å². The van der Waals surface area contributed by atoms with E-state index in [2.05, 4.69) is 16.3 Å². The molecular formula is C16H31N3O. The number of piperidine rings is 1. The van der Waals surface area contributed by atoms with E-state index >= 15 is 0 Å². The lowest BCUT2D eigenvalue weighted by Gasteiger charge is -2.32. The standard InChI is InChI=1S/C16H31N3O/c1-16(2,14-17)7-4-9-19-10-5-15(6-11-19)13-18-8-12-20-3/h15,18H,4-13H2,1-3H3. The smallest absolute Gasteiger partial charge is 0.0683 e. The Hall–Kier alpha value is -0.630. The summed E-state index contributed by atoms with van der Waals surface area (Å²) in [6, 6.07) is 2.38. The molecule has 0 amide bonds. The molecule has 0 aromatic heterocycles. The Morgan fingerprint density at radius 2 is 2.05 bits per heavy atom. The second-order valence-electron chi connectivity index (χ2n) is 6.58. The molecule has 0 saturated carbocycles. The van der Waals surface area contributed by atoms with Gasteiger partial charge in [0.25, 0.3) is 0 Å². The maximum absolute atomic E-state index is 9.01. The molecule has 0 aromatic carbocycles. The van der Waals surface area contributed by atoms with Crippen LogP contribution in [0.15, 0.2) is 0 Å². The van der Waals surface area contributed by atoms with Crippen LogP contribution in [-0.2, 0) is 4.74 Å². The van der Waals surface area contributed by atoms with Gasteiger partial charge < -0.3 is 15.0 Å². The first-order valence-electron chi connectivity index (χ1n) is 7.90. The summed E-state index contributed by atoms with van der Waals surface area (Å²) in [6.45, 7) is 10.5. The van der Waals surface area contributed by atoms with Gasteiger partial charge in [-0.05, 0) is 71.6 Å². The van der Waals surface area contributed by atoms with Crippen LogP contribution in [0.1, 0.15) is 39.5 Å². The highest BCUT2D eigenvalue weighted by atomic mass is 16.5. The van der Waals surface area contributed by atoms with E-state index < -0.39 is 0 Å². The molecule has 1 saturated heterocycles. The first-order chi connectivity index (χ1) is 9.57. The average Bonchev–Trinajstić information content (AvgIpc) is 2.45. The molecule has 1 N–H and O–H groups in total. The lowest BCUT2D eigenvalue weighted by Crippen LogP contribution is -2.38. The SMILES string of the molecule is COCCNCC1CCN(CCCC(C)(C)C#N)CC1. The van der Waals surface area contributed by atoms with Gasteiger partial charge in [-0.1, -0.05) is 0 Å². The van der Waals surface area contributed by atoms with Crippen molar-refractivity contribution in [1.29, 1.82) is 5.26 Å². The van der Waals surface area contributed by atoms with Crippen LogP contribution >= 0.6 is 0 Å². The molecule has 0 aliphatic carbocycles. The van der Waals surface area contributed by atoms with Gasteiger partial charge in [-0.15, -0.1) is 0 Å². The first kappa shape index (κ1) is 17.4. The zero-order valence-corrected chi connectivity index (χ0v) is 13.5. The van der Waals surface area contributed by atoms with Crippen molar-refractivity contribution < 1.29 is 4.74 Å². The Balaban J connectivity index is 2.06. The van der Waals surface area contributed by atoms with Crippen LogP contribution in [0.3, 0.4) is 0 Å². The number of hydrogen-bond acceptors (Lipinski definition) is 4. The molecular weight excluding hydrogens is 250 g/mol. The molecule has 116 valence electrons. The summed E-state index contributed by atoms with van der Waals surface area (Å²) in [6.07, 6.45) is 4.72. The molecule has 1 aliphatic heterocycles. The molecule has 0 aromatic rings. The Bertz CT molecular complexity index is 291. The van der Waals surface area contributed by atoms with Crippen molar-refractivity contribution in [3.8, 4) is 6.07 Å². The highest BCUT2D eigenvalue weighted by molar-refractivity contribution is 4.91. The zero-order chi connectivity index (χ0) is 14.8. The van der Waals surface area contributed by atoms with E-state index in [-0.39, 0.29) is 5.41 Å². The molecule has 20 heavy (non-hydrogen) atoms. The minimum atomic E-state index is -0.163. The zero-order valence-electron chi connectivity index (χ0n) is 13.5. The molecule has 4 heteroatoms. The van der Waals surface area contributed by atoms with Gasteiger partial charge in [-0.3, -0.25) is 0 Å². The number of likely N-dealkylation sites (tertiary alicyclic amines) is 1. The minimum absolute atomic E-state index is 0.163. The molecule has 0 atom stereocenters. The largest absolute Gasteiger partial charge is 0.383 e. The number of hydrogen-bond donors (Lipinski definition) is 1. The van der Waals surface area contributed by atoms with Gasteiger partial charge in [0.2, 0.25) is 0 Å². The number of methoxy groups -OCH3 is 1. The summed E-state index contributed by atoms with van der Waals surface area (Å²) in [5, 5.41) is 12.5. The summed E-state index contributed by atoms with van der Waals surface area (Å²) in [4.78, 5) is 2.55. The molecule has 1 aliphatic rings. The lowest BCUT2D eigenvalue weighted by atomic mass is 9.89. The molecule has 0 spiro atoms. The molecule has 1 rings (SSSR count). The van der Waals surface area contributed by atoms with E-state index in [0.29, 0.717) is 0 Å². The van der Waals surface area contributed by atoms with Gasteiger partial charge in [0, 0.05) is 13.7 Å². The van der Waals surface area contributed by atoms with Crippen molar-refractivity contribution in [2.75, 3.05) is 46.4 Å². The molecule has 4 nitrogen and oxygen atoms in total. The fourth-order valence-corrected chi connectivity index (χ4v) is 2.70. The highest BCUT2D eigenvalue weighted by Crippen LogP contribution is 2.22.